The lowest BCUT2D eigenvalue weighted by Gasteiger charge is -2.34. The second-order valence-corrected chi connectivity index (χ2v) is 5.16. The molecule has 18 heavy (non-hydrogen) atoms. The van der Waals surface area contributed by atoms with E-state index < -0.39 is 0 Å². The zero-order valence-corrected chi connectivity index (χ0v) is 11.6. The zero-order valence-electron chi connectivity index (χ0n) is 11.6. The molecule has 5 nitrogen and oxygen atoms in total. The average Bonchev–Trinajstić information content (AvgIpc) is 2.72. The second-order valence-electron chi connectivity index (χ2n) is 5.16. The van der Waals surface area contributed by atoms with Crippen molar-refractivity contribution in [3.63, 3.8) is 0 Å². The van der Waals surface area contributed by atoms with E-state index in [0.29, 0.717) is 0 Å². The van der Waals surface area contributed by atoms with Crippen molar-refractivity contribution in [1.29, 1.82) is 0 Å². The Balaban J connectivity index is 1.86. The molecule has 1 aliphatic heterocycles. The van der Waals surface area contributed by atoms with Gasteiger partial charge in [0.25, 0.3) is 0 Å². The smallest absolute Gasteiger partial charge is 0.240 e. The van der Waals surface area contributed by atoms with Crippen LogP contribution in [0.3, 0.4) is 0 Å². The summed E-state index contributed by atoms with van der Waals surface area (Å²) in [5, 5.41) is 4.01. The molecule has 2 heterocycles. The summed E-state index contributed by atoms with van der Waals surface area (Å²) in [6, 6.07) is 0. The minimum Gasteiger partial charge on any atom is -0.373 e. The van der Waals surface area contributed by atoms with E-state index in [1.807, 2.05) is 0 Å². The molecular formula is C13H23N3O2. The van der Waals surface area contributed by atoms with Crippen LogP contribution in [0.15, 0.2) is 4.52 Å². The highest BCUT2D eigenvalue weighted by molar-refractivity contribution is 4.87. The molecule has 1 aromatic rings. The topological polar surface area (TPSA) is 51.4 Å². The maximum absolute atomic E-state index is 5.70. The molecule has 1 aromatic heterocycles. The quantitative estimate of drug-likeness (QED) is 0.803. The molecule has 0 aliphatic carbocycles. The highest BCUT2D eigenvalue weighted by Crippen LogP contribution is 2.13. The average molecular weight is 253 g/mol. The number of morpholine rings is 1. The fourth-order valence-corrected chi connectivity index (χ4v) is 2.40. The van der Waals surface area contributed by atoms with Crippen molar-refractivity contribution in [2.24, 2.45) is 0 Å². The van der Waals surface area contributed by atoms with E-state index in [4.69, 9.17) is 9.26 Å². The van der Waals surface area contributed by atoms with E-state index in [1.54, 1.807) is 0 Å². The predicted octanol–water partition coefficient (Wildman–Crippen LogP) is 2.02. The van der Waals surface area contributed by atoms with Crippen LogP contribution in [0.2, 0.25) is 0 Å². The molecule has 1 fully saturated rings. The number of aromatic nitrogens is 2. The molecule has 0 amide bonds. The molecule has 5 heteroatoms. The van der Waals surface area contributed by atoms with Gasteiger partial charge in [0.05, 0.1) is 18.8 Å². The highest BCUT2D eigenvalue weighted by Gasteiger charge is 2.23. The Kier molecular flexibility index (Phi) is 4.72. The lowest BCUT2D eigenvalue weighted by atomic mass is 10.2. The largest absolute Gasteiger partial charge is 0.373 e. The van der Waals surface area contributed by atoms with E-state index in [1.165, 1.54) is 0 Å². The maximum atomic E-state index is 5.70. The van der Waals surface area contributed by atoms with Crippen LogP contribution >= 0.6 is 0 Å². The summed E-state index contributed by atoms with van der Waals surface area (Å²) in [4.78, 5) is 6.75. The lowest BCUT2D eigenvalue weighted by Crippen LogP contribution is -2.44. The fourth-order valence-electron chi connectivity index (χ4n) is 2.40. The number of hydrogen-bond donors (Lipinski definition) is 0. The lowest BCUT2D eigenvalue weighted by molar-refractivity contribution is -0.0725. The first-order valence-electron chi connectivity index (χ1n) is 6.86. The Bertz CT molecular complexity index is 357. The number of unbranched alkanes of at least 4 members (excludes halogenated alkanes) is 1. The van der Waals surface area contributed by atoms with E-state index in [-0.39, 0.29) is 12.2 Å². The standard InChI is InChI=1S/C13H23N3O2/c1-4-5-6-12-14-13(18-15-12)9-16-7-10(2)17-11(3)8-16/h10-11H,4-9H2,1-3H3/t10-,11-/m0/s1. The van der Waals surface area contributed by atoms with Gasteiger partial charge in [-0.15, -0.1) is 0 Å². The SMILES string of the molecule is CCCCc1noc(CN2C[C@H](C)O[C@@H](C)C2)n1. The van der Waals surface area contributed by atoms with E-state index in [0.717, 1.165) is 50.6 Å². The van der Waals surface area contributed by atoms with E-state index >= 15 is 0 Å². The molecule has 0 radical (unpaired) electrons. The summed E-state index contributed by atoms with van der Waals surface area (Å²) in [6.07, 6.45) is 3.73. The van der Waals surface area contributed by atoms with Gasteiger partial charge in [0, 0.05) is 19.5 Å². The van der Waals surface area contributed by atoms with Gasteiger partial charge in [-0.25, -0.2) is 0 Å². The van der Waals surface area contributed by atoms with E-state index in [2.05, 4.69) is 35.8 Å². The van der Waals surface area contributed by atoms with Crippen LogP contribution in [0.1, 0.15) is 45.3 Å². The Morgan fingerprint density at radius 1 is 1.28 bits per heavy atom. The van der Waals surface area contributed by atoms with Gasteiger partial charge in [-0.3, -0.25) is 4.90 Å². The van der Waals surface area contributed by atoms with Crippen LogP contribution in [0.25, 0.3) is 0 Å². The van der Waals surface area contributed by atoms with Crippen molar-refractivity contribution in [1.82, 2.24) is 15.0 Å². The van der Waals surface area contributed by atoms with Gasteiger partial charge in [-0.1, -0.05) is 18.5 Å². The zero-order chi connectivity index (χ0) is 13.0. The third-order valence-electron chi connectivity index (χ3n) is 3.12. The molecular weight excluding hydrogens is 230 g/mol. The molecule has 0 bridgehead atoms. The van der Waals surface area contributed by atoms with E-state index in [9.17, 15) is 0 Å². The third-order valence-corrected chi connectivity index (χ3v) is 3.12. The molecule has 0 N–H and O–H groups in total. The minimum atomic E-state index is 0.274. The van der Waals surface area contributed by atoms with Crippen LogP contribution in [0.4, 0.5) is 0 Å². The molecule has 0 aromatic carbocycles. The van der Waals surface area contributed by atoms with Gasteiger partial charge in [-0.05, 0) is 20.3 Å². The first-order chi connectivity index (χ1) is 8.67. The van der Waals surface area contributed by atoms with Crippen LogP contribution in [0.5, 0.6) is 0 Å². The number of hydrogen-bond acceptors (Lipinski definition) is 5. The number of rotatable bonds is 5. The van der Waals surface area contributed by atoms with Crippen molar-refractivity contribution in [3.8, 4) is 0 Å². The van der Waals surface area contributed by atoms with Gasteiger partial charge in [0.15, 0.2) is 5.82 Å². The Morgan fingerprint density at radius 3 is 2.67 bits per heavy atom. The second kappa shape index (κ2) is 6.29. The van der Waals surface area contributed by atoms with Gasteiger partial charge in [0.1, 0.15) is 0 Å². The first-order valence-corrected chi connectivity index (χ1v) is 6.86. The van der Waals surface area contributed by atoms with Crippen molar-refractivity contribution in [2.45, 2.75) is 58.8 Å². The molecule has 0 unspecified atom stereocenters. The third kappa shape index (κ3) is 3.78. The predicted molar refractivity (Wildman–Crippen MR) is 68.2 cm³/mol. The summed E-state index contributed by atoms with van der Waals surface area (Å²) in [5.41, 5.74) is 0. The minimum absolute atomic E-state index is 0.274. The maximum Gasteiger partial charge on any atom is 0.240 e. The Morgan fingerprint density at radius 2 is 2.00 bits per heavy atom. The number of ether oxygens (including phenoxy) is 1. The monoisotopic (exact) mass is 253 g/mol. The van der Waals surface area contributed by atoms with Gasteiger partial charge < -0.3 is 9.26 Å². The van der Waals surface area contributed by atoms with Crippen molar-refractivity contribution in [2.75, 3.05) is 13.1 Å². The Hall–Kier alpha value is -0.940. The van der Waals surface area contributed by atoms with Gasteiger partial charge in [-0.2, -0.15) is 4.98 Å². The van der Waals surface area contributed by atoms with Crippen molar-refractivity contribution in [3.05, 3.63) is 11.7 Å². The normalized spacial score (nSPS) is 25.5. The molecule has 1 aliphatic rings. The number of aryl methyl sites for hydroxylation is 1. The van der Waals surface area contributed by atoms with Crippen LogP contribution in [0, 0.1) is 0 Å². The summed E-state index contributed by atoms with van der Waals surface area (Å²) in [7, 11) is 0. The van der Waals surface area contributed by atoms with Crippen LogP contribution in [-0.2, 0) is 17.7 Å². The molecule has 1 saturated heterocycles. The number of nitrogens with zero attached hydrogens (tertiary/aromatic N) is 3. The molecule has 2 atom stereocenters. The van der Waals surface area contributed by atoms with Crippen molar-refractivity contribution < 1.29 is 9.26 Å². The summed E-state index contributed by atoms with van der Waals surface area (Å²) >= 11 is 0. The van der Waals surface area contributed by atoms with Crippen LogP contribution in [-0.4, -0.2) is 40.3 Å². The molecule has 2 rings (SSSR count). The van der Waals surface area contributed by atoms with Crippen LogP contribution < -0.4 is 0 Å². The summed E-state index contributed by atoms with van der Waals surface area (Å²) in [6.45, 7) is 8.95. The van der Waals surface area contributed by atoms with Gasteiger partial charge in [0.2, 0.25) is 5.89 Å². The fraction of sp³-hybridized carbons (Fsp3) is 0.846. The Labute approximate surface area is 108 Å². The summed E-state index contributed by atoms with van der Waals surface area (Å²) in [5.74, 6) is 1.56. The molecule has 0 spiro atoms. The van der Waals surface area contributed by atoms with Crippen molar-refractivity contribution >= 4 is 0 Å². The molecule has 102 valence electrons. The summed E-state index contributed by atoms with van der Waals surface area (Å²) < 4.78 is 11.0. The highest BCUT2D eigenvalue weighted by atomic mass is 16.5. The first kappa shape index (κ1) is 13.5. The van der Waals surface area contributed by atoms with Gasteiger partial charge >= 0.3 is 0 Å². The molecule has 0 saturated carbocycles.